The van der Waals surface area contributed by atoms with Gasteiger partial charge < -0.3 is 16.0 Å². The SMILES string of the molecule is Cc1ccc(/C=C(\NC(=O)c2ccccc2)C(=O)Nc2ccc(SC(C(=O)Nc3ccc(C)cc3)c3ccccc3)cc2)cc1. The summed E-state index contributed by atoms with van der Waals surface area (Å²) in [5, 5.41) is 8.20. The molecule has 0 saturated heterocycles. The van der Waals surface area contributed by atoms with Crippen LogP contribution >= 0.6 is 11.8 Å². The average Bonchev–Trinajstić information content (AvgIpc) is 3.06. The first kappa shape index (κ1) is 31.0. The molecule has 0 saturated carbocycles. The molecule has 5 rings (SSSR count). The van der Waals surface area contributed by atoms with E-state index in [9.17, 15) is 14.4 Å². The lowest BCUT2D eigenvalue weighted by Gasteiger charge is -2.18. The van der Waals surface area contributed by atoms with E-state index in [-0.39, 0.29) is 17.5 Å². The number of thioether (sulfide) groups is 1. The molecular weight excluding hydrogens is 579 g/mol. The van der Waals surface area contributed by atoms with Gasteiger partial charge in [-0.1, -0.05) is 96.1 Å². The third-order valence-electron chi connectivity index (χ3n) is 6.94. The lowest BCUT2D eigenvalue weighted by atomic mass is 10.1. The normalized spacial score (nSPS) is 11.7. The molecule has 6 nitrogen and oxygen atoms in total. The van der Waals surface area contributed by atoms with Crippen LogP contribution in [0, 0.1) is 13.8 Å². The molecule has 0 bridgehead atoms. The van der Waals surface area contributed by atoms with Gasteiger partial charge in [0.05, 0.1) is 0 Å². The number of aryl methyl sites for hydroxylation is 2. The lowest BCUT2D eigenvalue weighted by molar-refractivity contribution is -0.116. The summed E-state index contributed by atoms with van der Waals surface area (Å²) in [5.74, 6) is -0.973. The standard InChI is InChI=1S/C38H33N3O3S/c1-26-13-17-28(18-14-26)25-34(41-36(42)30-11-7-4-8-12-30)37(43)39-32-21-23-33(24-22-32)45-35(29-9-5-3-6-10-29)38(44)40-31-19-15-27(2)16-20-31/h3-25,35H,1-2H3,(H,39,43)(H,40,44)(H,41,42)/b34-25-. The summed E-state index contributed by atoms with van der Waals surface area (Å²) in [7, 11) is 0. The van der Waals surface area contributed by atoms with Gasteiger partial charge in [0.15, 0.2) is 0 Å². The molecule has 45 heavy (non-hydrogen) atoms. The smallest absolute Gasteiger partial charge is 0.272 e. The van der Waals surface area contributed by atoms with Gasteiger partial charge in [0.25, 0.3) is 11.8 Å². The first-order valence-electron chi connectivity index (χ1n) is 14.5. The van der Waals surface area contributed by atoms with Crippen LogP contribution in [0.4, 0.5) is 11.4 Å². The Bertz CT molecular complexity index is 1790. The Morgan fingerprint density at radius 1 is 0.622 bits per heavy atom. The van der Waals surface area contributed by atoms with Crippen molar-refractivity contribution >= 4 is 46.9 Å². The maximum Gasteiger partial charge on any atom is 0.272 e. The van der Waals surface area contributed by atoms with Gasteiger partial charge in [-0.05, 0) is 79.6 Å². The molecular formula is C38H33N3O3S. The molecule has 224 valence electrons. The summed E-state index contributed by atoms with van der Waals surface area (Å²) in [6.45, 7) is 3.99. The Balaban J connectivity index is 1.32. The highest BCUT2D eigenvalue weighted by molar-refractivity contribution is 8.00. The summed E-state index contributed by atoms with van der Waals surface area (Å²) in [6, 6.07) is 41.0. The molecule has 0 radical (unpaired) electrons. The van der Waals surface area contributed by atoms with Gasteiger partial charge in [0, 0.05) is 21.8 Å². The predicted octanol–water partition coefficient (Wildman–Crippen LogP) is 8.19. The Kier molecular flexibility index (Phi) is 10.2. The monoisotopic (exact) mass is 611 g/mol. The second-order valence-corrected chi connectivity index (χ2v) is 11.7. The Morgan fingerprint density at radius 2 is 1.16 bits per heavy atom. The lowest BCUT2D eigenvalue weighted by Crippen LogP contribution is -2.30. The molecule has 0 aliphatic heterocycles. The van der Waals surface area contributed by atoms with Crippen molar-refractivity contribution in [2.45, 2.75) is 24.0 Å². The summed E-state index contributed by atoms with van der Waals surface area (Å²) >= 11 is 1.42. The number of nitrogens with one attached hydrogen (secondary N) is 3. The first-order chi connectivity index (χ1) is 21.8. The van der Waals surface area contributed by atoms with Crippen LogP contribution in [0.5, 0.6) is 0 Å². The van der Waals surface area contributed by atoms with Crippen molar-refractivity contribution in [1.29, 1.82) is 0 Å². The third kappa shape index (κ3) is 8.81. The van der Waals surface area contributed by atoms with Crippen LogP contribution in [-0.4, -0.2) is 17.7 Å². The minimum Gasteiger partial charge on any atom is -0.325 e. The van der Waals surface area contributed by atoms with E-state index in [4.69, 9.17) is 0 Å². The van der Waals surface area contributed by atoms with Crippen molar-refractivity contribution in [3.05, 3.63) is 167 Å². The topological polar surface area (TPSA) is 87.3 Å². The zero-order chi connectivity index (χ0) is 31.6. The minimum absolute atomic E-state index is 0.114. The molecule has 0 aromatic heterocycles. The summed E-state index contributed by atoms with van der Waals surface area (Å²) < 4.78 is 0. The fraction of sp³-hybridized carbons (Fsp3) is 0.0789. The number of benzene rings is 5. The molecule has 0 aliphatic carbocycles. The van der Waals surface area contributed by atoms with Crippen molar-refractivity contribution in [1.82, 2.24) is 5.32 Å². The van der Waals surface area contributed by atoms with Crippen molar-refractivity contribution in [2.24, 2.45) is 0 Å². The van der Waals surface area contributed by atoms with Crippen LogP contribution in [0.3, 0.4) is 0 Å². The van der Waals surface area contributed by atoms with Crippen molar-refractivity contribution in [2.75, 3.05) is 10.6 Å². The number of hydrogen-bond acceptors (Lipinski definition) is 4. The molecule has 0 aliphatic rings. The van der Waals surface area contributed by atoms with Gasteiger partial charge in [-0.2, -0.15) is 0 Å². The fourth-order valence-corrected chi connectivity index (χ4v) is 5.49. The van der Waals surface area contributed by atoms with Gasteiger partial charge in [0.1, 0.15) is 10.9 Å². The quantitative estimate of drug-likeness (QED) is 0.110. The van der Waals surface area contributed by atoms with Crippen molar-refractivity contribution in [3.63, 3.8) is 0 Å². The van der Waals surface area contributed by atoms with Crippen LogP contribution in [0.15, 0.2) is 144 Å². The number of carbonyl (C=O) groups is 3. The Labute approximate surface area is 267 Å². The molecule has 5 aromatic carbocycles. The maximum absolute atomic E-state index is 13.4. The van der Waals surface area contributed by atoms with E-state index in [0.717, 1.165) is 32.8 Å². The molecule has 3 amide bonds. The molecule has 5 aromatic rings. The van der Waals surface area contributed by atoms with Crippen LogP contribution in [0.2, 0.25) is 0 Å². The number of rotatable bonds is 10. The van der Waals surface area contributed by atoms with Crippen LogP contribution in [0.1, 0.15) is 37.9 Å². The third-order valence-corrected chi connectivity index (χ3v) is 8.21. The highest BCUT2D eigenvalue weighted by Crippen LogP contribution is 2.36. The molecule has 1 unspecified atom stereocenters. The number of hydrogen-bond donors (Lipinski definition) is 3. The van der Waals surface area contributed by atoms with E-state index in [2.05, 4.69) is 16.0 Å². The van der Waals surface area contributed by atoms with E-state index in [1.54, 1.807) is 42.5 Å². The fourth-order valence-electron chi connectivity index (χ4n) is 4.47. The van der Waals surface area contributed by atoms with Crippen LogP contribution < -0.4 is 16.0 Å². The summed E-state index contributed by atoms with van der Waals surface area (Å²) in [4.78, 5) is 40.6. The van der Waals surface area contributed by atoms with Crippen LogP contribution in [0.25, 0.3) is 6.08 Å². The van der Waals surface area contributed by atoms with Gasteiger partial charge >= 0.3 is 0 Å². The number of amides is 3. The molecule has 0 heterocycles. The Hall–Kier alpha value is -5.40. The first-order valence-corrected chi connectivity index (χ1v) is 15.4. The predicted molar refractivity (Wildman–Crippen MR) is 183 cm³/mol. The molecule has 0 spiro atoms. The van der Waals surface area contributed by atoms with Crippen LogP contribution in [-0.2, 0) is 9.59 Å². The zero-order valence-corrected chi connectivity index (χ0v) is 25.8. The minimum atomic E-state index is -0.495. The van der Waals surface area contributed by atoms with Gasteiger partial charge in [-0.15, -0.1) is 11.8 Å². The van der Waals surface area contributed by atoms with Crippen molar-refractivity contribution in [3.8, 4) is 0 Å². The van der Waals surface area contributed by atoms with Gasteiger partial charge in [0.2, 0.25) is 5.91 Å². The molecule has 1 atom stereocenters. The molecule has 7 heteroatoms. The van der Waals surface area contributed by atoms with E-state index in [0.29, 0.717) is 11.3 Å². The molecule has 3 N–H and O–H groups in total. The summed E-state index contributed by atoms with van der Waals surface area (Å²) in [5.41, 5.74) is 5.71. The second kappa shape index (κ2) is 14.9. The highest BCUT2D eigenvalue weighted by Gasteiger charge is 2.22. The van der Waals surface area contributed by atoms with E-state index in [1.165, 1.54) is 11.8 Å². The van der Waals surface area contributed by atoms with Gasteiger partial charge in [-0.3, -0.25) is 14.4 Å². The number of anilines is 2. The zero-order valence-electron chi connectivity index (χ0n) is 25.0. The Morgan fingerprint density at radius 3 is 1.78 bits per heavy atom. The highest BCUT2D eigenvalue weighted by atomic mass is 32.2. The van der Waals surface area contributed by atoms with Gasteiger partial charge in [-0.25, -0.2) is 0 Å². The van der Waals surface area contributed by atoms with E-state index >= 15 is 0 Å². The summed E-state index contributed by atoms with van der Waals surface area (Å²) in [6.07, 6.45) is 1.65. The van der Waals surface area contributed by atoms with E-state index < -0.39 is 11.2 Å². The maximum atomic E-state index is 13.4. The van der Waals surface area contributed by atoms with E-state index in [1.807, 2.05) is 111 Å². The largest absolute Gasteiger partial charge is 0.325 e. The molecule has 0 fully saturated rings. The second-order valence-electron chi connectivity index (χ2n) is 10.5. The average molecular weight is 612 g/mol. The van der Waals surface area contributed by atoms with Crippen molar-refractivity contribution < 1.29 is 14.4 Å². The number of carbonyl (C=O) groups excluding carboxylic acids is 3.